The summed E-state index contributed by atoms with van der Waals surface area (Å²) in [7, 11) is 0. The van der Waals surface area contributed by atoms with Gasteiger partial charge >= 0.3 is 0 Å². The van der Waals surface area contributed by atoms with Crippen LogP contribution in [0, 0.1) is 11.7 Å². The summed E-state index contributed by atoms with van der Waals surface area (Å²) in [5.74, 6) is -0.0447. The van der Waals surface area contributed by atoms with E-state index in [1.165, 1.54) is 55.9 Å². The quantitative estimate of drug-likeness (QED) is 0.412. The number of carbonyl (C=O) groups is 1. The summed E-state index contributed by atoms with van der Waals surface area (Å²) in [6.07, 6.45) is 11.8. The molecule has 3 N–H and O–H groups in total. The van der Waals surface area contributed by atoms with Crippen molar-refractivity contribution in [3.63, 3.8) is 0 Å². The van der Waals surface area contributed by atoms with E-state index in [1.54, 1.807) is 0 Å². The van der Waals surface area contributed by atoms with Crippen LogP contribution in [0.1, 0.15) is 44.1 Å². The lowest BCUT2D eigenvalue weighted by molar-refractivity contribution is -0.124. The standard InChI is InChI=1S/C19H27FN4O2/c20-17-10-15(6-7-18(25)23-26)11-21-19(17)22-16-8-9-24(13-16)12-14-4-2-1-3-5-14/h6-7,10-11,14,16,26H,1-5,8-9,12-13H2,(H,21,22)(H,23,25)/b7-6+/t16-/m1/s1. The second-order valence-corrected chi connectivity index (χ2v) is 7.30. The molecule has 26 heavy (non-hydrogen) atoms. The van der Waals surface area contributed by atoms with Gasteiger partial charge in [0.15, 0.2) is 11.6 Å². The molecule has 0 bridgehead atoms. The number of pyridine rings is 1. The highest BCUT2D eigenvalue weighted by atomic mass is 19.1. The van der Waals surface area contributed by atoms with Crippen LogP contribution in [-0.4, -0.2) is 46.7 Å². The average molecular weight is 362 g/mol. The van der Waals surface area contributed by atoms with E-state index in [2.05, 4.69) is 15.2 Å². The van der Waals surface area contributed by atoms with Gasteiger partial charge in [0.05, 0.1) is 0 Å². The van der Waals surface area contributed by atoms with Gasteiger partial charge in [-0.25, -0.2) is 14.9 Å². The molecule has 1 aliphatic heterocycles. The number of hydroxylamine groups is 1. The van der Waals surface area contributed by atoms with Crippen molar-refractivity contribution in [2.75, 3.05) is 25.0 Å². The van der Waals surface area contributed by atoms with Crippen LogP contribution in [0.4, 0.5) is 10.2 Å². The van der Waals surface area contributed by atoms with Crippen molar-refractivity contribution >= 4 is 17.8 Å². The smallest absolute Gasteiger partial charge is 0.267 e. The van der Waals surface area contributed by atoms with Gasteiger partial charge < -0.3 is 10.2 Å². The van der Waals surface area contributed by atoms with E-state index in [1.807, 2.05) is 0 Å². The zero-order chi connectivity index (χ0) is 18.4. The average Bonchev–Trinajstić information content (AvgIpc) is 3.09. The van der Waals surface area contributed by atoms with E-state index in [0.717, 1.165) is 38.0 Å². The van der Waals surface area contributed by atoms with E-state index >= 15 is 0 Å². The second-order valence-electron chi connectivity index (χ2n) is 7.30. The molecule has 1 saturated heterocycles. The number of likely N-dealkylation sites (tertiary alicyclic amines) is 1. The number of anilines is 1. The Morgan fingerprint density at radius 3 is 2.88 bits per heavy atom. The van der Waals surface area contributed by atoms with Crippen LogP contribution >= 0.6 is 0 Å². The summed E-state index contributed by atoms with van der Waals surface area (Å²) >= 11 is 0. The van der Waals surface area contributed by atoms with Crippen LogP contribution in [0.25, 0.3) is 6.08 Å². The minimum atomic E-state index is -0.670. The molecule has 0 spiro atoms. The van der Waals surface area contributed by atoms with Crippen molar-refractivity contribution in [3.05, 3.63) is 29.7 Å². The van der Waals surface area contributed by atoms with Crippen LogP contribution in [0.2, 0.25) is 0 Å². The van der Waals surface area contributed by atoms with Gasteiger partial charge in [-0.05, 0) is 42.9 Å². The molecule has 0 radical (unpaired) electrons. The van der Waals surface area contributed by atoms with Crippen molar-refractivity contribution in [2.24, 2.45) is 5.92 Å². The first-order valence-electron chi connectivity index (χ1n) is 9.40. The normalized spacial score (nSPS) is 22.0. The Morgan fingerprint density at radius 1 is 1.35 bits per heavy atom. The third-order valence-corrected chi connectivity index (χ3v) is 5.25. The highest BCUT2D eigenvalue weighted by Gasteiger charge is 2.26. The molecule has 1 saturated carbocycles. The maximum absolute atomic E-state index is 14.3. The van der Waals surface area contributed by atoms with Crippen LogP contribution in [0.15, 0.2) is 18.3 Å². The Labute approximate surface area is 153 Å². The Kier molecular flexibility index (Phi) is 6.57. The molecule has 7 heteroatoms. The molecule has 1 atom stereocenters. The van der Waals surface area contributed by atoms with E-state index in [0.29, 0.717) is 5.56 Å². The monoisotopic (exact) mass is 362 g/mol. The third-order valence-electron chi connectivity index (χ3n) is 5.25. The van der Waals surface area contributed by atoms with Crippen LogP contribution in [0.5, 0.6) is 0 Å². The van der Waals surface area contributed by atoms with Crippen molar-refractivity contribution in [2.45, 2.75) is 44.6 Å². The molecule has 142 valence electrons. The highest BCUT2D eigenvalue weighted by Crippen LogP contribution is 2.26. The molecule has 0 unspecified atom stereocenters. The van der Waals surface area contributed by atoms with Gasteiger partial charge in [-0.1, -0.05) is 19.3 Å². The van der Waals surface area contributed by atoms with Gasteiger partial charge in [-0.2, -0.15) is 0 Å². The van der Waals surface area contributed by atoms with Gasteiger partial charge in [0.1, 0.15) is 0 Å². The van der Waals surface area contributed by atoms with Gasteiger partial charge in [-0.15, -0.1) is 0 Å². The fourth-order valence-corrected chi connectivity index (χ4v) is 3.90. The van der Waals surface area contributed by atoms with Gasteiger partial charge in [0, 0.05) is 37.9 Å². The Bertz CT molecular complexity index is 646. The highest BCUT2D eigenvalue weighted by molar-refractivity contribution is 5.90. The van der Waals surface area contributed by atoms with Crippen LogP contribution in [-0.2, 0) is 4.79 Å². The minimum absolute atomic E-state index is 0.210. The number of amides is 1. The molecule has 6 nitrogen and oxygen atoms in total. The summed E-state index contributed by atoms with van der Waals surface area (Å²) in [6, 6.07) is 1.53. The molecule has 0 aromatic carbocycles. The first-order valence-corrected chi connectivity index (χ1v) is 9.40. The molecular formula is C19H27FN4O2. The number of rotatable bonds is 6. The maximum atomic E-state index is 14.3. The second kappa shape index (κ2) is 9.09. The van der Waals surface area contributed by atoms with E-state index in [9.17, 15) is 9.18 Å². The first kappa shape index (κ1) is 18.8. The Morgan fingerprint density at radius 2 is 2.15 bits per heavy atom. The number of halogens is 1. The van der Waals surface area contributed by atoms with Gasteiger partial charge in [0.2, 0.25) is 0 Å². The maximum Gasteiger partial charge on any atom is 0.267 e. The first-order chi connectivity index (χ1) is 12.6. The lowest BCUT2D eigenvalue weighted by Gasteiger charge is -2.26. The zero-order valence-corrected chi connectivity index (χ0v) is 15.0. The molecule has 1 aliphatic carbocycles. The predicted octanol–water partition coefficient (Wildman–Crippen LogP) is 2.81. The fourth-order valence-electron chi connectivity index (χ4n) is 3.90. The number of carbonyl (C=O) groups excluding carboxylic acids is 1. The number of hydrogen-bond donors (Lipinski definition) is 3. The van der Waals surface area contributed by atoms with Gasteiger partial charge in [0.25, 0.3) is 5.91 Å². The number of aromatic nitrogens is 1. The summed E-state index contributed by atoms with van der Waals surface area (Å²) in [6.45, 7) is 3.13. The topological polar surface area (TPSA) is 77.5 Å². The molecular weight excluding hydrogens is 335 g/mol. The number of nitrogens with one attached hydrogen (secondary N) is 2. The van der Waals surface area contributed by atoms with E-state index < -0.39 is 11.7 Å². The summed E-state index contributed by atoms with van der Waals surface area (Å²) in [5.41, 5.74) is 1.95. The molecule has 1 aromatic heterocycles. The third kappa shape index (κ3) is 5.25. The fraction of sp³-hybridized carbons (Fsp3) is 0.579. The largest absolute Gasteiger partial charge is 0.364 e. The SMILES string of the molecule is O=C(/C=C/c1cnc(N[C@@H]2CCN(CC3CCCCC3)C2)c(F)c1)NO. The van der Waals surface area contributed by atoms with E-state index in [-0.39, 0.29) is 11.9 Å². The van der Waals surface area contributed by atoms with Crippen molar-refractivity contribution in [3.8, 4) is 0 Å². The molecule has 3 rings (SSSR count). The summed E-state index contributed by atoms with van der Waals surface area (Å²) in [4.78, 5) is 17.6. The summed E-state index contributed by atoms with van der Waals surface area (Å²) < 4.78 is 14.3. The van der Waals surface area contributed by atoms with Crippen LogP contribution < -0.4 is 10.8 Å². The minimum Gasteiger partial charge on any atom is -0.364 e. The summed E-state index contributed by atoms with van der Waals surface area (Å²) in [5, 5.41) is 11.6. The molecule has 2 aliphatic rings. The number of hydrogen-bond acceptors (Lipinski definition) is 5. The van der Waals surface area contributed by atoms with Crippen molar-refractivity contribution in [1.29, 1.82) is 0 Å². The lowest BCUT2D eigenvalue weighted by Crippen LogP contribution is -2.31. The lowest BCUT2D eigenvalue weighted by atomic mass is 9.89. The Balaban J connectivity index is 1.51. The van der Waals surface area contributed by atoms with Crippen molar-refractivity contribution < 1.29 is 14.4 Å². The molecule has 1 amide bonds. The van der Waals surface area contributed by atoms with Crippen molar-refractivity contribution in [1.82, 2.24) is 15.4 Å². The molecule has 2 heterocycles. The predicted molar refractivity (Wildman–Crippen MR) is 98.2 cm³/mol. The number of nitrogens with zero attached hydrogens (tertiary/aromatic N) is 2. The molecule has 1 aromatic rings. The Hall–Kier alpha value is -1.99. The molecule has 2 fully saturated rings. The van der Waals surface area contributed by atoms with Crippen LogP contribution in [0.3, 0.4) is 0 Å². The van der Waals surface area contributed by atoms with E-state index in [4.69, 9.17) is 5.21 Å². The zero-order valence-electron chi connectivity index (χ0n) is 15.0. The van der Waals surface area contributed by atoms with Gasteiger partial charge in [-0.3, -0.25) is 10.0 Å².